The van der Waals surface area contributed by atoms with Crippen molar-refractivity contribution in [2.24, 2.45) is 0 Å². The van der Waals surface area contributed by atoms with E-state index >= 15 is 0 Å². The predicted molar refractivity (Wildman–Crippen MR) is 87.6 cm³/mol. The molecule has 0 aliphatic heterocycles. The van der Waals surface area contributed by atoms with Crippen molar-refractivity contribution in [3.8, 4) is 10.6 Å². The Balaban J connectivity index is 1.95. The molecule has 3 aromatic heterocycles. The number of aromatic nitrogens is 4. The van der Waals surface area contributed by atoms with Gasteiger partial charge in [0.2, 0.25) is 0 Å². The van der Waals surface area contributed by atoms with E-state index in [-0.39, 0.29) is 0 Å². The van der Waals surface area contributed by atoms with Crippen molar-refractivity contribution in [2.75, 3.05) is 0 Å². The lowest BCUT2D eigenvalue weighted by molar-refractivity contribution is 0.558. The largest absolute Gasteiger partial charge is 0.346 e. The summed E-state index contributed by atoms with van der Waals surface area (Å²) in [5.74, 6) is 0.585. The molecule has 4 nitrogen and oxygen atoms in total. The van der Waals surface area contributed by atoms with Crippen LogP contribution < -0.4 is 0 Å². The Bertz CT molecular complexity index is 710. The van der Waals surface area contributed by atoms with Crippen LogP contribution in [0.15, 0.2) is 24.8 Å². The average Bonchev–Trinajstić information content (AvgIpc) is 3.15. The minimum absolute atomic E-state index is 0.585. The van der Waals surface area contributed by atoms with Crippen LogP contribution in [0.2, 0.25) is 0 Å². The number of H-pyrrole nitrogens is 1. The lowest BCUT2D eigenvalue weighted by Gasteiger charge is -2.11. The Kier molecular flexibility index (Phi) is 4.29. The molecule has 0 saturated carbocycles. The predicted octanol–water partition coefficient (Wildman–Crippen LogP) is 4.77. The summed E-state index contributed by atoms with van der Waals surface area (Å²) in [5, 5.41) is 2.31. The Labute approximate surface area is 128 Å². The van der Waals surface area contributed by atoms with Gasteiger partial charge in [-0.15, -0.1) is 11.3 Å². The molecule has 0 saturated heterocycles. The van der Waals surface area contributed by atoms with Crippen LogP contribution in [0.4, 0.5) is 0 Å². The molecule has 0 atom stereocenters. The second kappa shape index (κ2) is 6.35. The van der Waals surface area contributed by atoms with E-state index in [0.29, 0.717) is 5.92 Å². The summed E-state index contributed by atoms with van der Waals surface area (Å²) in [7, 11) is 0. The number of hydrogen-bond acceptors (Lipinski definition) is 4. The third kappa shape index (κ3) is 2.83. The maximum atomic E-state index is 4.67. The highest BCUT2D eigenvalue weighted by Crippen LogP contribution is 2.35. The fraction of sp³-hybridized carbons (Fsp3) is 0.438. The average molecular weight is 300 g/mol. The molecule has 0 aromatic carbocycles. The quantitative estimate of drug-likeness (QED) is 0.713. The number of nitrogens with zero attached hydrogens (tertiary/aromatic N) is 3. The van der Waals surface area contributed by atoms with E-state index in [9.17, 15) is 0 Å². The molecule has 3 rings (SSSR count). The zero-order chi connectivity index (χ0) is 14.7. The van der Waals surface area contributed by atoms with Gasteiger partial charge >= 0.3 is 0 Å². The van der Waals surface area contributed by atoms with E-state index in [1.807, 2.05) is 18.5 Å². The number of hydrogen-bond donors (Lipinski definition) is 1. The molecule has 0 aliphatic rings. The van der Waals surface area contributed by atoms with Crippen molar-refractivity contribution >= 4 is 22.4 Å². The van der Waals surface area contributed by atoms with Crippen LogP contribution in [-0.4, -0.2) is 19.9 Å². The molecule has 5 heteroatoms. The van der Waals surface area contributed by atoms with Crippen molar-refractivity contribution in [1.82, 2.24) is 19.9 Å². The SMILES string of the molecule is CCCC(CCC)c1ncc(-c2ncnc3[nH]ccc23)s1. The highest BCUT2D eigenvalue weighted by Gasteiger charge is 2.16. The van der Waals surface area contributed by atoms with Crippen LogP contribution in [0.25, 0.3) is 21.6 Å². The van der Waals surface area contributed by atoms with Gasteiger partial charge in [-0.1, -0.05) is 26.7 Å². The topological polar surface area (TPSA) is 54.5 Å². The molecule has 0 aliphatic carbocycles. The fourth-order valence-electron chi connectivity index (χ4n) is 2.74. The van der Waals surface area contributed by atoms with Crippen molar-refractivity contribution in [3.05, 3.63) is 29.8 Å². The van der Waals surface area contributed by atoms with Crippen LogP contribution in [0.1, 0.15) is 50.5 Å². The Morgan fingerprint density at radius 1 is 1.14 bits per heavy atom. The molecule has 3 heterocycles. The summed E-state index contributed by atoms with van der Waals surface area (Å²) in [4.78, 5) is 17.6. The molecule has 3 aromatic rings. The van der Waals surface area contributed by atoms with Gasteiger partial charge in [-0.25, -0.2) is 15.0 Å². The molecule has 0 amide bonds. The number of thiazole rings is 1. The molecular weight excluding hydrogens is 280 g/mol. The van der Waals surface area contributed by atoms with Crippen molar-refractivity contribution in [1.29, 1.82) is 0 Å². The van der Waals surface area contributed by atoms with Crippen molar-refractivity contribution in [3.63, 3.8) is 0 Å². The first-order chi connectivity index (χ1) is 10.3. The number of rotatable bonds is 6. The highest BCUT2D eigenvalue weighted by atomic mass is 32.1. The number of nitrogens with one attached hydrogen (secondary N) is 1. The van der Waals surface area contributed by atoms with Crippen LogP contribution in [0.5, 0.6) is 0 Å². The molecule has 0 spiro atoms. The highest BCUT2D eigenvalue weighted by molar-refractivity contribution is 7.15. The van der Waals surface area contributed by atoms with E-state index in [4.69, 9.17) is 0 Å². The molecule has 0 fully saturated rings. The first-order valence-corrected chi connectivity index (χ1v) is 8.39. The normalized spacial score (nSPS) is 11.6. The number of fused-ring (bicyclic) bond motifs is 1. The molecule has 0 radical (unpaired) electrons. The van der Waals surface area contributed by atoms with Gasteiger partial charge in [-0.05, 0) is 18.9 Å². The summed E-state index contributed by atoms with van der Waals surface area (Å²) in [6, 6.07) is 2.03. The van der Waals surface area contributed by atoms with Crippen LogP contribution in [0.3, 0.4) is 0 Å². The summed E-state index contributed by atoms with van der Waals surface area (Å²) < 4.78 is 0. The Hall–Kier alpha value is -1.75. The zero-order valence-corrected chi connectivity index (χ0v) is 13.3. The lowest BCUT2D eigenvalue weighted by atomic mass is 9.99. The van der Waals surface area contributed by atoms with Gasteiger partial charge in [-0.3, -0.25) is 0 Å². The van der Waals surface area contributed by atoms with E-state index in [1.54, 1.807) is 17.7 Å². The van der Waals surface area contributed by atoms with Gasteiger partial charge in [0.15, 0.2) is 0 Å². The summed E-state index contributed by atoms with van der Waals surface area (Å²) in [6.45, 7) is 4.48. The molecule has 110 valence electrons. The maximum Gasteiger partial charge on any atom is 0.141 e. The monoisotopic (exact) mass is 300 g/mol. The standard InChI is InChI=1S/C16H20N4S/c1-3-5-11(6-4-2)16-18-9-13(21-16)14-12-7-8-17-15(12)20-10-19-14/h7-11H,3-6H2,1-2H3,(H,17,19,20). The van der Waals surface area contributed by atoms with Crippen LogP contribution in [0, 0.1) is 0 Å². The summed E-state index contributed by atoms with van der Waals surface area (Å²) in [6.07, 6.45) is 10.3. The van der Waals surface area contributed by atoms with Crippen molar-refractivity contribution in [2.45, 2.75) is 45.4 Å². The first-order valence-electron chi connectivity index (χ1n) is 7.57. The van der Waals surface area contributed by atoms with Gasteiger partial charge in [0.1, 0.15) is 12.0 Å². The van der Waals surface area contributed by atoms with Crippen molar-refractivity contribution < 1.29 is 0 Å². The first kappa shape index (κ1) is 14.2. The molecule has 21 heavy (non-hydrogen) atoms. The van der Waals surface area contributed by atoms with E-state index in [2.05, 4.69) is 33.8 Å². The Morgan fingerprint density at radius 2 is 1.95 bits per heavy atom. The lowest BCUT2D eigenvalue weighted by Crippen LogP contribution is -1.96. The fourth-order valence-corrected chi connectivity index (χ4v) is 3.84. The molecular formula is C16H20N4S. The zero-order valence-electron chi connectivity index (χ0n) is 12.5. The van der Waals surface area contributed by atoms with Gasteiger partial charge < -0.3 is 4.98 Å². The van der Waals surface area contributed by atoms with E-state index in [1.165, 1.54) is 30.7 Å². The van der Waals surface area contributed by atoms with Gasteiger partial charge in [0.05, 0.1) is 15.6 Å². The second-order valence-corrected chi connectivity index (χ2v) is 6.36. The molecule has 0 bridgehead atoms. The molecule has 1 N–H and O–H groups in total. The smallest absolute Gasteiger partial charge is 0.141 e. The number of aromatic amines is 1. The van der Waals surface area contributed by atoms with Gasteiger partial charge in [0, 0.05) is 23.7 Å². The van der Waals surface area contributed by atoms with Crippen LogP contribution in [-0.2, 0) is 0 Å². The van der Waals surface area contributed by atoms with Crippen LogP contribution >= 0.6 is 11.3 Å². The second-order valence-electron chi connectivity index (χ2n) is 5.30. The van der Waals surface area contributed by atoms with E-state index in [0.717, 1.165) is 21.6 Å². The molecule has 0 unspecified atom stereocenters. The van der Waals surface area contributed by atoms with E-state index < -0.39 is 0 Å². The Morgan fingerprint density at radius 3 is 2.71 bits per heavy atom. The van der Waals surface area contributed by atoms with Gasteiger partial charge in [-0.2, -0.15) is 0 Å². The summed E-state index contributed by atoms with van der Waals surface area (Å²) >= 11 is 1.78. The third-order valence-electron chi connectivity index (χ3n) is 3.73. The van der Waals surface area contributed by atoms with Gasteiger partial charge in [0.25, 0.3) is 0 Å². The minimum Gasteiger partial charge on any atom is -0.346 e. The minimum atomic E-state index is 0.585. The third-order valence-corrected chi connectivity index (χ3v) is 4.90. The summed E-state index contributed by atoms with van der Waals surface area (Å²) in [5.41, 5.74) is 1.87. The maximum absolute atomic E-state index is 4.67.